The Morgan fingerprint density at radius 2 is 1.89 bits per heavy atom. The van der Waals surface area contributed by atoms with Crippen LogP contribution in [-0.2, 0) is 9.59 Å². The molecule has 0 spiro atoms. The Kier molecular flexibility index (Phi) is 4.13. The average molecular weight is 265 g/mol. The van der Waals surface area contributed by atoms with Crippen LogP contribution in [0.15, 0.2) is 24.3 Å². The van der Waals surface area contributed by atoms with Gasteiger partial charge in [0.2, 0.25) is 11.8 Å². The number of aliphatic hydroxyl groups is 2. The normalized spacial score (nSPS) is 15.4. The van der Waals surface area contributed by atoms with E-state index >= 15 is 0 Å². The van der Waals surface area contributed by atoms with Crippen molar-refractivity contribution >= 4 is 17.5 Å². The highest BCUT2D eigenvalue weighted by molar-refractivity contribution is 6.19. The van der Waals surface area contributed by atoms with Gasteiger partial charge in [-0.3, -0.25) is 14.5 Å². The molecule has 6 nitrogen and oxygen atoms in total. The first-order chi connectivity index (χ1) is 9.08. The minimum absolute atomic E-state index is 0.0891. The number of hydrogen-bond acceptors (Lipinski definition) is 5. The van der Waals surface area contributed by atoms with E-state index in [0.717, 1.165) is 4.90 Å². The Balaban J connectivity index is 2.06. The molecule has 19 heavy (non-hydrogen) atoms. The minimum atomic E-state index is -1.41. The van der Waals surface area contributed by atoms with Crippen LogP contribution in [-0.4, -0.2) is 34.9 Å². The number of hydrogen-bond donors (Lipinski definition) is 2. The number of anilines is 1. The lowest BCUT2D eigenvalue weighted by molar-refractivity contribution is -0.121. The number of nitrogens with zero attached hydrogens (tertiary/aromatic N) is 1. The van der Waals surface area contributed by atoms with Gasteiger partial charge in [-0.2, -0.15) is 0 Å². The van der Waals surface area contributed by atoms with Crippen LogP contribution in [0.3, 0.4) is 0 Å². The molecule has 1 aromatic rings. The van der Waals surface area contributed by atoms with Gasteiger partial charge in [0.25, 0.3) is 0 Å². The van der Waals surface area contributed by atoms with Crippen LogP contribution in [0.25, 0.3) is 0 Å². The first-order valence-electron chi connectivity index (χ1n) is 6.02. The van der Waals surface area contributed by atoms with Crippen molar-refractivity contribution in [1.29, 1.82) is 0 Å². The third-order valence-electron chi connectivity index (χ3n) is 2.77. The number of rotatable bonds is 5. The molecule has 6 heteroatoms. The quantitative estimate of drug-likeness (QED) is 0.595. The summed E-state index contributed by atoms with van der Waals surface area (Å²) in [6.45, 7) is 0.142. The molecule has 2 rings (SSSR count). The van der Waals surface area contributed by atoms with Crippen molar-refractivity contribution in [3.8, 4) is 5.75 Å². The summed E-state index contributed by atoms with van der Waals surface area (Å²) in [6, 6.07) is 6.61. The van der Waals surface area contributed by atoms with Crippen LogP contribution in [0, 0.1) is 0 Å². The summed E-state index contributed by atoms with van der Waals surface area (Å²) in [6.07, 6.45) is -0.850. The zero-order valence-electron chi connectivity index (χ0n) is 10.3. The second kappa shape index (κ2) is 5.81. The van der Waals surface area contributed by atoms with Gasteiger partial charge in [0.05, 0.1) is 12.3 Å². The molecule has 2 amide bonds. The zero-order valence-corrected chi connectivity index (χ0v) is 10.3. The van der Waals surface area contributed by atoms with Crippen LogP contribution >= 0.6 is 0 Å². The lowest BCUT2D eigenvalue weighted by atomic mass is 10.2. The van der Waals surface area contributed by atoms with Crippen molar-refractivity contribution in [2.75, 3.05) is 11.5 Å². The number of ether oxygens (including phenoxy) is 1. The van der Waals surface area contributed by atoms with Crippen LogP contribution in [0.1, 0.15) is 19.3 Å². The molecule has 0 aromatic heterocycles. The molecule has 0 unspecified atom stereocenters. The molecule has 0 atom stereocenters. The van der Waals surface area contributed by atoms with Crippen molar-refractivity contribution in [1.82, 2.24) is 0 Å². The molecular weight excluding hydrogens is 250 g/mol. The third-order valence-corrected chi connectivity index (χ3v) is 2.77. The molecule has 0 bridgehead atoms. The summed E-state index contributed by atoms with van der Waals surface area (Å²) in [7, 11) is 0. The molecule has 1 aromatic carbocycles. The number of imide groups is 1. The molecule has 0 aliphatic carbocycles. The van der Waals surface area contributed by atoms with E-state index in [4.69, 9.17) is 14.9 Å². The predicted octanol–water partition coefficient (Wildman–Crippen LogP) is 0.420. The summed E-state index contributed by atoms with van der Waals surface area (Å²) in [4.78, 5) is 24.3. The molecule has 1 saturated heterocycles. The molecule has 1 fully saturated rings. The maximum absolute atomic E-state index is 11.6. The van der Waals surface area contributed by atoms with Gasteiger partial charge in [0.15, 0.2) is 6.29 Å². The maximum Gasteiger partial charge on any atom is 0.234 e. The van der Waals surface area contributed by atoms with E-state index in [1.54, 1.807) is 24.3 Å². The standard InChI is InChI=1S/C13H15NO5/c15-11-4-5-12(16)14(11)9-2-1-3-10(8-9)19-7-6-13(17)18/h1-3,8,13,17-18H,4-7H2. The van der Waals surface area contributed by atoms with Crippen molar-refractivity contribution in [3.05, 3.63) is 24.3 Å². The molecule has 0 radical (unpaired) electrons. The smallest absolute Gasteiger partial charge is 0.234 e. The van der Waals surface area contributed by atoms with Crippen molar-refractivity contribution < 1.29 is 24.5 Å². The zero-order chi connectivity index (χ0) is 13.8. The first-order valence-corrected chi connectivity index (χ1v) is 6.02. The van der Waals surface area contributed by atoms with E-state index in [0.29, 0.717) is 11.4 Å². The highest BCUT2D eigenvalue weighted by Crippen LogP contribution is 2.26. The van der Waals surface area contributed by atoms with Crippen molar-refractivity contribution in [2.24, 2.45) is 0 Å². The number of aliphatic hydroxyl groups excluding tert-OH is 1. The monoisotopic (exact) mass is 265 g/mol. The molecule has 1 heterocycles. The van der Waals surface area contributed by atoms with Gasteiger partial charge in [-0.05, 0) is 12.1 Å². The van der Waals surface area contributed by atoms with Gasteiger partial charge in [-0.1, -0.05) is 6.07 Å². The van der Waals surface area contributed by atoms with Crippen LogP contribution in [0.4, 0.5) is 5.69 Å². The highest BCUT2D eigenvalue weighted by Gasteiger charge is 2.30. The van der Waals surface area contributed by atoms with Gasteiger partial charge >= 0.3 is 0 Å². The van der Waals surface area contributed by atoms with E-state index in [9.17, 15) is 9.59 Å². The molecular formula is C13H15NO5. The summed E-state index contributed by atoms with van der Waals surface area (Å²) in [5.74, 6) is 0.0477. The van der Waals surface area contributed by atoms with Crippen molar-refractivity contribution in [2.45, 2.75) is 25.6 Å². The van der Waals surface area contributed by atoms with Crippen LogP contribution in [0.5, 0.6) is 5.75 Å². The number of benzene rings is 1. The molecule has 1 aliphatic rings. The number of carbonyl (C=O) groups is 2. The number of carbonyl (C=O) groups excluding carboxylic acids is 2. The average Bonchev–Trinajstić information content (AvgIpc) is 2.69. The summed E-state index contributed by atoms with van der Waals surface area (Å²) in [5.41, 5.74) is 0.481. The first kappa shape index (κ1) is 13.5. The second-order valence-corrected chi connectivity index (χ2v) is 4.24. The van der Waals surface area contributed by atoms with Crippen LogP contribution in [0.2, 0.25) is 0 Å². The van der Waals surface area contributed by atoms with Gasteiger partial charge in [0.1, 0.15) is 5.75 Å². The SMILES string of the molecule is O=C1CCC(=O)N1c1cccc(OCCC(O)O)c1. The van der Waals surface area contributed by atoms with E-state index in [1.165, 1.54) is 0 Å². The fraction of sp³-hybridized carbons (Fsp3) is 0.385. The van der Waals surface area contributed by atoms with Gasteiger partial charge in [-0.25, -0.2) is 0 Å². The van der Waals surface area contributed by atoms with Crippen molar-refractivity contribution in [3.63, 3.8) is 0 Å². The van der Waals surface area contributed by atoms with E-state index in [2.05, 4.69) is 0 Å². The third kappa shape index (κ3) is 3.30. The fourth-order valence-corrected chi connectivity index (χ4v) is 1.86. The Hall–Kier alpha value is -1.92. The largest absolute Gasteiger partial charge is 0.493 e. The minimum Gasteiger partial charge on any atom is -0.493 e. The Labute approximate surface area is 110 Å². The Morgan fingerprint density at radius 1 is 1.21 bits per heavy atom. The molecule has 0 saturated carbocycles. The van der Waals surface area contributed by atoms with Gasteiger partial charge in [-0.15, -0.1) is 0 Å². The topological polar surface area (TPSA) is 87.1 Å². The van der Waals surface area contributed by atoms with E-state index in [1.807, 2.05) is 0 Å². The Morgan fingerprint density at radius 3 is 2.53 bits per heavy atom. The lowest BCUT2D eigenvalue weighted by Gasteiger charge is -2.15. The van der Waals surface area contributed by atoms with E-state index < -0.39 is 6.29 Å². The Bertz CT molecular complexity index is 470. The summed E-state index contributed by atoms with van der Waals surface area (Å²) in [5, 5.41) is 17.4. The molecule has 102 valence electrons. The maximum atomic E-state index is 11.6. The van der Waals surface area contributed by atoms with Crippen LogP contribution < -0.4 is 9.64 Å². The highest BCUT2D eigenvalue weighted by atomic mass is 16.5. The summed E-state index contributed by atoms with van der Waals surface area (Å²) >= 11 is 0. The van der Waals surface area contributed by atoms with E-state index in [-0.39, 0.29) is 37.7 Å². The predicted molar refractivity (Wildman–Crippen MR) is 66.5 cm³/mol. The molecule has 1 aliphatic heterocycles. The lowest BCUT2D eigenvalue weighted by Crippen LogP contribution is -2.28. The number of amides is 2. The second-order valence-electron chi connectivity index (χ2n) is 4.24. The molecule has 2 N–H and O–H groups in total. The van der Waals surface area contributed by atoms with Gasteiger partial charge < -0.3 is 14.9 Å². The fourth-order valence-electron chi connectivity index (χ4n) is 1.86. The summed E-state index contributed by atoms with van der Waals surface area (Å²) < 4.78 is 5.32. The van der Waals surface area contributed by atoms with Gasteiger partial charge in [0, 0.05) is 25.3 Å².